The first-order chi connectivity index (χ1) is 14.3. The van der Waals surface area contributed by atoms with Crippen LogP contribution in [0.15, 0.2) is 53.3 Å². The van der Waals surface area contributed by atoms with E-state index in [0.717, 1.165) is 16.8 Å². The van der Waals surface area contributed by atoms with E-state index in [0.29, 0.717) is 29.6 Å². The molecule has 0 aliphatic carbocycles. The topological polar surface area (TPSA) is 71.4 Å². The summed E-state index contributed by atoms with van der Waals surface area (Å²) >= 11 is 0. The van der Waals surface area contributed by atoms with E-state index in [4.69, 9.17) is 0 Å². The number of hydrogen-bond acceptors (Lipinski definition) is 3. The molecule has 0 aliphatic rings. The monoisotopic (exact) mass is 405 g/mol. The molecule has 0 saturated carbocycles. The SMILES string of the molecule is CCN(CC)C(=O)c1cc(=O)n(CC(=O)Nc2ccc(C)cc2C)c2ccccc12. The third-order valence-corrected chi connectivity index (χ3v) is 5.26. The van der Waals surface area contributed by atoms with Crippen LogP contribution in [0.5, 0.6) is 0 Å². The van der Waals surface area contributed by atoms with Crippen molar-refractivity contribution < 1.29 is 9.59 Å². The minimum atomic E-state index is -0.375. The molecule has 1 heterocycles. The summed E-state index contributed by atoms with van der Waals surface area (Å²) in [5.41, 5.74) is 3.35. The molecule has 6 nitrogen and oxygen atoms in total. The Morgan fingerprint density at radius 2 is 1.70 bits per heavy atom. The lowest BCUT2D eigenvalue weighted by Gasteiger charge is -2.20. The first kappa shape index (κ1) is 21.3. The van der Waals surface area contributed by atoms with Crippen molar-refractivity contribution in [1.29, 1.82) is 0 Å². The Morgan fingerprint density at radius 3 is 2.37 bits per heavy atom. The molecular weight excluding hydrogens is 378 g/mol. The standard InChI is InChI=1S/C24H27N3O3/c1-5-26(6-2)24(30)19-14-23(29)27(21-10-8-7-9-18(19)21)15-22(28)25-20-12-11-16(3)13-17(20)4/h7-14H,5-6,15H2,1-4H3,(H,25,28). The highest BCUT2D eigenvalue weighted by atomic mass is 16.2. The molecule has 2 amide bonds. The summed E-state index contributed by atoms with van der Waals surface area (Å²) in [6, 6.07) is 14.3. The number of fused-ring (bicyclic) bond motifs is 1. The number of hydrogen-bond donors (Lipinski definition) is 1. The van der Waals surface area contributed by atoms with Crippen molar-refractivity contribution in [3.63, 3.8) is 0 Å². The first-order valence-electron chi connectivity index (χ1n) is 10.1. The van der Waals surface area contributed by atoms with Crippen LogP contribution in [0.1, 0.15) is 35.3 Å². The summed E-state index contributed by atoms with van der Waals surface area (Å²) in [4.78, 5) is 40.1. The van der Waals surface area contributed by atoms with Crippen LogP contribution in [0.3, 0.4) is 0 Å². The van der Waals surface area contributed by atoms with Crippen molar-refractivity contribution in [1.82, 2.24) is 9.47 Å². The van der Waals surface area contributed by atoms with Crippen LogP contribution in [-0.4, -0.2) is 34.4 Å². The van der Waals surface area contributed by atoms with Gasteiger partial charge in [0, 0.05) is 30.2 Å². The molecule has 1 aromatic heterocycles. The molecular formula is C24H27N3O3. The molecule has 156 valence electrons. The van der Waals surface area contributed by atoms with Gasteiger partial charge in [-0.2, -0.15) is 0 Å². The molecule has 0 unspecified atom stereocenters. The minimum Gasteiger partial charge on any atom is -0.339 e. The Hall–Kier alpha value is -3.41. The Kier molecular flexibility index (Phi) is 6.35. The molecule has 0 atom stereocenters. The van der Waals surface area contributed by atoms with Gasteiger partial charge >= 0.3 is 0 Å². The van der Waals surface area contributed by atoms with Gasteiger partial charge < -0.3 is 10.2 Å². The summed E-state index contributed by atoms with van der Waals surface area (Å²) in [6.45, 7) is 8.72. The van der Waals surface area contributed by atoms with Gasteiger partial charge in [-0.1, -0.05) is 35.9 Å². The van der Waals surface area contributed by atoms with E-state index in [1.165, 1.54) is 10.6 Å². The molecule has 30 heavy (non-hydrogen) atoms. The number of anilines is 1. The summed E-state index contributed by atoms with van der Waals surface area (Å²) in [7, 11) is 0. The smallest absolute Gasteiger partial charge is 0.254 e. The number of para-hydroxylation sites is 1. The molecule has 0 saturated heterocycles. The van der Waals surface area contributed by atoms with Crippen LogP contribution < -0.4 is 10.9 Å². The number of nitrogens with zero attached hydrogens (tertiary/aromatic N) is 2. The van der Waals surface area contributed by atoms with E-state index in [9.17, 15) is 14.4 Å². The zero-order valence-corrected chi connectivity index (χ0v) is 17.9. The average molecular weight is 405 g/mol. The molecule has 0 aliphatic heterocycles. The Morgan fingerprint density at radius 1 is 1.00 bits per heavy atom. The number of rotatable bonds is 6. The van der Waals surface area contributed by atoms with Crippen molar-refractivity contribution in [2.24, 2.45) is 0 Å². The fraction of sp³-hybridized carbons (Fsp3) is 0.292. The van der Waals surface area contributed by atoms with Gasteiger partial charge in [-0.05, 0) is 45.4 Å². The van der Waals surface area contributed by atoms with Crippen molar-refractivity contribution >= 4 is 28.4 Å². The number of carbonyl (C=O) groups is 2. The van der Waals surface area contributed by atoms with Crippen molar-refractivity contribution in [3.8, 4) is 0 Å². The van der Waals surface area contributed by atoms with Crippen molar-refractivity contribution in [2.45, 2.75) is 34.2 Å². The van der Waals surface area contributed by atoms with E-state index in [-0.39, 0.29) is 23.9 Å². The lowest BCUT2D eigenvalue weighted by atomic mass is 10.1. The second-order valence-corrected chi connectivity index (χ2v) is 7.34. The predicted molar refractivity (Wildman–Crippen MR) is 120 cm³/mol. The van der Waals surface area contributed by atoms with E-state index in [2.05, 4.69) is 5.32 Å². The van der Waals surface area contributed by atoms with Crippen LogP contribution in [0.4, 0.5) is 5.69 Å². The highest BCUT2D eigenvalue weighted by Crippen LogP contribution is 2.20. The van der Waals surface area contributed by atoms with Crippen LogP contribution in [0.25, 0.3) is 10.9 Å². The third kappa shape index (κ3) is 4.27. The Labute approximate surface area is 176 Å². The van der Waals surface area contributed by atoms with Gasteiger partial charge in [0.15, 0.2) is 0 Å². The molecule has 3 aromatic rings. The summed E-state index contributed by atoms with van der Waals surface area (Å²) in [5, 5.41) is 3.54. The maximum atomic E-state index is 12.9. The number of amides is 2. The highest BCUT2D eigenvalue weighted by molar-refractivity contribution is 6.06. The molecule has 0 fully saturated rings. The largest absolute Gasteiger partial charge is 0.339 e. The predicted octanol–water partition coefficient (Wildman–Crippen LogP) is 3.74. The number of nitrogens with one attached hydrogen (secondary N) is 1. The molecule has 0 bridgehead atoms. The fourth-order valence-electron chi connectivity index (χ4n) is 3.64. The molecule has 6 heteroatoms. The summed E-state index contributed by atoms with van der Waals surface area (Å²) < 4.78 is 1.41. The highest BCUT2D eigenvalue weighted by Gasteiger charge is 2.19. The van der Waals surface area contributed by atoms with Crippen molar-refractivity contribution in [3.05, 3.63) is 75.6 Å². The van der Waals surface area contributed by atoms with Crippen molar-refractivity contribution in [2.75, 3.05) is 18.4 Å². The molecule has 3 rings (SSSR count). The average Bonchev–Trinajstić information content (AvgIpc) is 2.72. The molecule has 2 aromatic carbocycles. The lowest BCUT2D eigenvalue weighted by molar-refractivity contribution is -0.116. The zero-order chi connectivity index (χ0) is 21.8. The van der Waals surface area contributed by atoms with Gasteiger partial charge in [0.1, 0.15) is 6.54 Å². The second kappa shape index (κ2) is 8.95. The third-order valence-electron chi connectivity index (χ3n) is 5.26. The van der Waals surface area contributed by atoms with E-state index >= 15 is 0 Å². The number of aryl methyl sites for hydroxylation is 2. The Balaban J connectivity index is 1.98. The maximum absolute atomic E-state index is 12.9. The number of pyridine rings is 1. The van der Waals surface area contributed by atoms with Crippen LogP contribution >= 0.6 is 0 Å². The van der Waals surface area contributed by atoms with Crippen LogP contribution in [0.2, 0.25) is 0 Å². The summed E-state index contributed by atoms with van der Waals surface area (Å²) in [6.07, 6.45) is 0. The first-order valence-corrected chi connectivity index (χ1v) is 10.1. The van der Waals surface area contributed by atoms with Gasteiger partial charge in [-0.3, -0.25) is 19.0 Å². The fourth-order valence-corrected chi connectivity index (χ4v) is 3.64. The quantitative estimate of drug-likeness (QED) is 0.679. The van der Waals surface area contributed by atoms with Crippen LogP contribution in [0, 0.1) is 13.8 Å². The maximum Gasteiger partial charge on any atom is 0.254 e. The number of benzene rings is 2. The van der Waals surface area contributed by atoms with Gasteiger partial charge in [-0.25, -0.2) is 0 Å². The van der Waals surface area contributed by atoms with E-state index < -0.39 is 0 Å². The second-order valence-electron chi connectivity index (χ2n) is 7.34. The summed E-state index contributed by atoms with van der Waals surface area (Å²) in [5.74, 6) is -0.475. The van der Waals surface area contributed by atoms with Gasteiger partial charge in [0.2, 0.25) is 5.91 Å². The number of aromatic nitrogens is 1. The normalized spacial score (nSPS) is 10.8. The molecule has 0 spiro atoms. The molecule has 0 radical (unpaired) electrons. The van der Waals surface area contributed by atoms with Crippen LogP contribution in [-0.2, 0) is 11.3 Å². The van der Waals surface area contributed by atoms with Gasteiger partial charge in [-0.15, -0.1) is 0 Å². The van der Waals surface area contributed by atoms with E-state index in [1.54, 1.807) is 17.0 Å². The zero-order valence-electron chi connectivity index (χ0n) is 17.9. The minimum absolute atomic E-state index is 0.133. The van der Waals surface area contributed by atoms with E-state index in [1.807, 2.05) is 58.0 Å². The number of carbonyl (C=O) groups excluding carboxylic acids is 2. The van der Waals surface area contributed by atoms with Gasteiger partial charge in [0.05, 0.1) is 11.1 Å². The van der Waals surface area contributed by atoms with Gasteiger partial charge in [0.25, 0.3) is 11.5 Å². The Bertz CT molecular complexity index is 1160. The lowest BCUT2D eigenvalue weighted by Crippen LogP contribution is -2.33. The molecule has 1 N–H and O–H groups in total.